The van der Waals surface area contributed by atoms with Gasteiger partial charge < -0.3 is 10.6 Å². The lowest BCUT2D eigenvalue weighted by molar-refractivity contribution is 0.225. The molecular weight excluding hydrogens is 204 g/mol. The Morgan fingerprint density at radius 2 is 1.64 bits per heavy atom. The molecule has 0 radical (unpaired) electrons. The lowest BCUT2D eigenvalue weighted by Crippen LogP contribution is -2.57. The largest absolute Gasteiger partial charge is 0.335 e. The molecule has 1 heterocycles. The van der Waals surface area contributed by atoms with Crippen molar-refractivity contribution in [1.82, 2.24) is 10.6 Å². The van der Waals surface area contributed by atoms with Crippen LogP contribution in [-0.2, 0) is 9.84 Å². The molecule has 1 aliphatic heterocycles. The summed E-state index contributed by atoms with van der Waals surface area (Å²) in [6, 6.07) is -0.110. The van der Waals surface area contributed by atoms with Gasteiger partial charge in [0.05, 0.1) is 17.5 Å². The molecule has 2 aliphatic rings. The van der Waals surface area contributed by atoms with E-state index in [1.807, 2.05) is 0 Å². The Labute approximate surface area is 83.2 Å². The number of rotatable bonds is 2. The maximum atomic E-state index is 11.2. The van der Waals surface area contributed by atoms with Gasteiger partial charge in [0.15, 0.2) is 9.84 Å². The molecule has 2 rings (SSSR count). The summed E-state index contributed by atoms with van der Waals surface area (Å²) in [5.41, 5.74) is 0. The predicted molar refractivity (Wildman–Crippen MR) is 51.7 cm³/mol. The van der Waals surface area contributed by atoms with Gasteiger partial charge in [-0.05, 0) is 19.3 Å². The highest BCUT2D eigenvalue weighted by Crippen LogP contribution is 2.18. The van der Waals surface area contributed by atoms with E-state index in [2.05, 4.69) is 10.6 Å². The Hall–Kier alpha value is -0.780. The molecule has 0 unspecified atom stereocenters. The first-order valence-electron chi connectivity index (χ1n) is 4.83. The quantitative estimate of drug-likeness (QED) is 0.664. The first-order chi connectivity index (χ1) is 6.55. The molecule has 6 heteroatoms. The highest BCUT2D eigenvalue weighted by molar-refractivity contribution is 7.92. The van der Waals surface area contributed by atoms with Gasteiger partial charge in [-0.1, -0.05) is 0 Å². The van der Waals surface area contributed by atoms with Crippen molar-refractivity contribution in [3.8, 4) is 0 Å². The first-order valence-corrected chi connectivity index (χ1v) is 6.65. The molecule has 0 aromatic carbocycles. The summed E-state index contributed by atoms with van der Waals surface area (Å²) in [7, 11) is -2.84. The maximum Gasteiger partial charge on any atom is 0.315 e. The summed E-state index contributed by atoms with van der Waals surface area (Å²) in [4.78, 5) is 11.2. The van der Waals surface area contributed by atoms with Gasteiger partial charge in [0.25, 0.3) is 0 Å². The van der Waals surface area contributed by atoms with E-state index in [1.54, 1.807) is 0 Å². The third kappa shape index (κ3) is 2.17. The van der Waals surface area contributed by atoms with Crippen molar-refractivity contribution in [2.24, 2.45) is 0 Å². The average Bonchev–Trinajstić information content (AvgIpc) is 1.93. The molecular formula is C8H14N2O3S. The Morgan fingerprint density at radius 1 is 1.07 bits per heavy atom. The number of hydrogen-bond donors (Lipinski definition) is 2. The van der Waals surface area contributed by atoms with E-state index in [9.17, 15) is 13.2 Å². The van der Waals surface area contributed by atoms with E-state index >= 15 is 0 Å². The molecule has 1 saturated carbocycles. The van der Waals surface area contributed by atoms with Gasteiger partial charge in [0, 0.05) is 6.04 Å². The summed E-state index contributed by atoms with van der Waals surface area (Å²) >= 11 is 0. The molecule has 0 spiro atoms. The second kappa shape index (κ2) is 3.42. The molecule has 1 saturated heterocycles. The number of nitrogens with one attached hydrogen (secondary N) is 2. The van der Waals surface area contributed by atoms with E-state index < -0.39 is 9.84 Å². The molecule has 0 aromatic rings. The molecule has 80 valence electrons. The molecule has 2 N–H and O–H groups in total. The van der Waals surface area contributed by atoms with Crippen LogP contribution in [0.3, 0.4) is 0 Å². The molecule has 2 fully saturated rings. The summed E-state index contributed by atoms with van der Waals surface area (Å²) in [5.74, 6) is 0.177. The summed E-state index contributed by atoms with van der Waals surface area (Å²) < 4.78 is 21.6. The Bertz CT molecular complexity index is 322. The fraction of sp³-hybridized carbons (Fsp3) is 0.875. The zero-order valence-corrected chi connectivity index (χ0v) is 8.64. The van der Waals surface area contributed by atoms with Crippen molar-refractivity contribution < 1.29 is 13.2 Å². The van der Waals surface area contributed by atoms with Crippen LogP contribution in [0.15, 0.2) is 0 Å². The van der Waals surface area contributed by atoms with Crippen LogP contribution in [0.1, 0.15) is 19.3 Å². The van der Waals surface area contributed by atoms with Gasteiger partial charge >= 0.3 is 6.03 Å². The van der Waals surface area contributed by atoms with Crippen LogP contribution in [0.2, 0.25) is 0 Å². The SMILES string of the molecule is O=C(NC1CCC1)NC1CS(=O)(=O)C1. The predicted octanol–water partition coefficient (Wildman–Crippen LogP) is -0.365. The fourth-order valence-electron chi connectivity index (χ4n) is 1.61. The van der Waals surface area contributed by atoms with E-state index in [-0.39, 0.29) is 23.6 Å². The molecule has 0 bridgehead atoms. The minimum atomic E-state index is -2.84. The van der Waals surface area contributed by atoms with Gasteiger partial charge in [-0.3, -0.25) is 0 Å². The number of carbonyl (C=O) groups is 1. The highest BCUT2D eigenvalue weighted by Gasteiger charge is 2.34. The molecule has 0 aromatic heterocycles. The van der Waals surface area contributed by atoms with Gasteiger partial charge in [-0.15, -0.1) is 0 Å². The first kappa shape index (κ1) is 9.76. The average molecular weight is 218 g/mol. The Balaban J connectivity index is 1.68. The van der Waals surface area contributed by atoms with Crippen LogP contribution in [-0.4, -0.2) is 38.0 Å². The van der Waals surface area contributed by atoms with E-state index in [4.69, 9.17) is 0 Å². The van der Waals surface area contributed by atoms with Crippen LogP contribution in [0.5, 0.6) is 0 Å². The van der Waals surface area contributed by atoms with E-state index in [0.29, 0.717) is 6.04 Å². The van der Waals surface area contributed by atoms with Crippen LogP contribution >= 0.6 is 0 Å². The minimum absolute atomic E-state index is 0.0884. The van der Waals surface area contributed by atoms with Crippen molar-refractivity contribution in [1.29, 1.82) is 0 Å². The molecule has 0 atom stereocenters. The number of carbonyl (C=O) groups excluding carboxylic acids is 1. The van der Waals surface area contributed by atoms with Crippen molar-refractivity contribution in [3.63, 3.8) is 0 Å². The summed E-state index contributed by atoms with van der Waals surface area (Å²) in [6.07, 6.45) is 3.25. The van der Waals surface area contributed by atoms with E-state index in [1.165, 1.54) is 6.42 Å². The minimum Gasteiger partial charge on any atom is -0.335 e. The zero-order valence-electron chi connectivity index (χ0n) is 7.82. The van der Waals surface area contributed by atoms with Crippen LogP contribution in [0.4, 0.5) is 4.79 Å². The number of sulfone groups is 1. The van der Waals surface area contributed by atoms with Crippen molar-refractivity contribution in [3.05, 3.63) is 0 Å². The molecule has 2 amide bonds. The fourth-order valence-corrected chi connectivity index (χ4v) is 2.91. The second-order valence-electron chi connectivity index (χ2n) is 4.02. The van der Waals surface area contributed by atoms with Gasteiger partial charge in [-0.25, -0.2) is 13.2 Å². The topological polar surface area (TPSA) is 75.3 Å². The smallest absolute Gasteiger partial charge is 0.315 e. The monoisotopic (exact) mass is 218 g/mol. The standard InChI is InChI=1S/C8H14N2O3S/c11-8(9-6-2-1-3-6)10-7-4-14(12,13)5-7/h6-7H,1-5H2,(H2,9,10,11). The summed E-state index contributed by atoms with van der Waals surface area (Å²) in [6.45, 7) is 0. The lowest BCUT2D eigenvalue weighted by atomic mass is 9.93. The van der Waals surface area contributed by atoms with Gasteiger partial charge in [0.1, 0.15) is 0 Å². The zero-order chi connectivity index (χ0) is 10.2. The highest BCUT2D eigenvalue weighted by atomic mass is 32.2. The van der Waals surface area contributed by atoms with Crippen LogP contribution in [0, 0.1) is 0 Å². The molecule has 5 nitrogen and oxygen atoms in total. The Morgan fingerprint density at radius 3 is 2.07 bits per heavy atom. The lowest BCUT2D eigenvalue weighted by Gasteiger charge is -2.30. The van der Waals surface area contributed by atoms with Crippen LogP contribution < -0.4 is 10.6 Å². The number of urea groups is 1. The maximum absolute atomic E-state index is 11.2. The number of amides is 2. The Kier molecular flexibility index (Phi) is 2.38. The second-order valence-corrected chi connectivity index (χ2v) is 6.17. The van der Waals surface area contributed by atoms with Crippen molar-refractivity contribution >= 4 is 15.9 Å². The normalized spacial score (nSPS) is 26.0. The van der Waals surface area contributed by atoms with Crippen molar-refractivity contribution in [2.75, 3.05) is 11.5 Å². The van der Waals surface area contributed by atoms with Crippen LogP contribution in [0.25, 0.3) is 0 Å². The third-order valence-electron chi connectivity index (χ3n) is 2.69. The third-order valence-corrected chi connectivity index (χ3v) is 4.51. The summed E-state index contributed by atoms with van der Waals surface area (Å²) in [5, 5.41) is 5.44. The molecule has 14 heavy (non-hydrogen) atoms. The number of hydrogen-bond acceptors (Lipinski definition) is 3. The van der Waals surface area contributed by atoms with Crippen molar-refractivity contribution in [2.45, 2.75) is 31.3 Å². The molecule has 1 aliphatic carbocycles. The van der Waals surface area contributed by atoms with Gasteiger partial charge in [-0.2, -0.15) is 0 Å². The van der Waals surface area contributed by atoms with Gasteiger partial charge in [0.2, 0.25) is 0 Å². The van der Waals surface area contributed by atoms with E-state index in [0.717, 1.165) is 12.8 Å².